The summed E-state index contributed by atoms with van der Waals surface area (Å²) in [5.74, 6) is 0.808. The summed E-state index contributed by atoms with van der Waals surface area (Å²) in [6.07, 6.45) is 2.56. The van der Waals surface area contributed by atoms with Gasteiger partial charge < -0.3 is 15.7 Å². The first-order valence-corrected chi connectivity index (χ1v) is 11.3. The zero-order valence-corrected chi connectivity index (χ0v) is 19.6. The summed E-state index contributed by atoms with van der Waals surface area (Å²) in [4.78, 5) is 6.80. The Hall–Kier alpha value is -2.38. The van der Waals surface area contributed by atoms with Crippen molar-refractivity contribution in [3.05, 3.63) is 52.3 Å². The monoisotopic (exact) mass is 426 g/mol. The van der Waals surface area contributed by atoms with E-state index in [2.05, 4.69) is 70.7 Å². The third-order valence-corrected chi connectivity index (χ3v) is 6.22. The predicted molar refractivity (Wildman–Crippen MR) is 126 cm³/mol. The van der Waals surface area contributed by atoms with Gasteiger partial charge in [-0.25, -0.2) is 0 Å². The van der Waals surface area contributed by atoms with Crippen LogP contribution in [-0.2, 0) is 26.6 Å². The summed E-state index contributed by atoms with van der Waals surface area (Å²) in [5.41, 5.74) is 6.16. The maximum atomic E-state index is 9.66. The van der Waals surface area contributed by atoms with E-state index >= 15 is 0 Å². The SMILES string of the molecule is CN=C(NCc1ccc(CN2CCC(O)CC2)cc1)NC(C)Cc1c(C)nn(C)c1C. The van der Waals surface area contributed by atoms with Crippen molar-refractivity contribution >= 4 is 5.96 Å². The minimum atomic E-state index is -0.118. The minimum absolute atomic E-state index is 0.118. The van der Waals surface area contributed by atoms with E-state index in [1.165, 1.54) is 22.4 Å². The highest BCUT2D eigenvalue weighted by Gasteiger charge is 2.17. The van der Waals surface area contributed by atoms with Gasteiger partial charge in [0.25, 0.3) is 0 Å². The molecule has 1 aliphatic rings. The highest BCUT2D eigenvalue weighted by atomic mass is 16.3. The van der Waals surface area contributed by atoms with Crippen LogP contribution in [0, 0.1) is 13.8 Å². The van der Waals surface area contributed by atoms with Crippen molar-refractivity contribution in [1.82, 2.24) is 25.3 Å². The number of hydrogen-bond donors (Lipinski definition) is 3. The molecule has 1 aliphatic heterocycles. The van der Waals surface area contributed by atoms with Crippen molar-refractivity contribution < 1.29 is 5.11 Å². The molecule has 1 unspecified atom stereocenters. The smallest absolute Gasteiger partial charge is 0.191 e. The van der Waals surface area contributed by atoms with Gasteiger partial charge in [0.2, 0.25) is 0 Å². The highest BCUT2D eigenvalue weighted by molar-refractivity contribution is 5.79. The fourth-order valence-corrected chi connectivity index (χ4v) is 4.18. The Morgan fingerprint density at radius 1 is 1.19 bits per heavy atom. The number of guanidine groups is 1. The van der Waals surface area contributed by atoms with Crippen LogP contribution < -0.4 is 10.6 Å². The molecule has 1 aromatic heterocycles. The Bertz CT molecular complexity index is 865. The minimum Gasteiger partial charge on any atom is -0.393 e. The average Bonchev–Trinajstić information content (AvgIpc) is 2.99. The van der Waals surface area contributed by atoms with Gasteiger partial charge in [-0.05, 0) is 56.7 Å². The summed E-state index contributed by atoms with van der Waals surface area (Å²) >= 11 is 0. The van der Waals surface area contributed by atoms with Gasteiger partial charge in [-0.3, -0.25) is 14.6 Å². The highest BCUT2D eigenvalue weighted by Crippen LogP contribution is 2.15. The van der Waals surface area contributed by atoms with Gasteiger partial charge >= 0.3 is 0 Å². The van der Waals surface area contributed by atoms with Gasteiger partial charge in [-0.15, -0.1) is 0 Å². The first-order valence-electron chi connectivity index (χ1n) is 11.3. The van der Waals surface area contributed by atoms with E-state index in [4.69, 9.17) is 0 Å². The van der Waals surface area contributed by atoms with Crippen LogP contribution in [0.2, 0.25) is 0 Å². The van der Waals surface area contributed by atoms with Gasteiger partial charge in [0, 0.05) is 52.0 Å². The number of likely N-dealkylation sites (tertiary alicyclic amines) is 1. The molecule has 0 aliphatic carbocycles. The van der Waals surface area contributed by atoms with E-state index in [0.717, 1.165) is 57.1 Å². The zero-order valence-electron chi connectivity index (χ0n) is 19.6. The topological polar surface area (TPSA) is 77.7 Å². The van der Waals surface area contributed by atoms with E-state index in [1.807, 2.05) is 11.7 Å². The molecule has 170 valence electrons. The van der Waals surface area contributed by atoms with Crippen LogP contribution >= 0.6 is 0 Å². The van der Waals surface area contributed by atoms with Crippen LogP contribution in [0.25, 0.3) is 0 Å². The number of aromatic nitrogens is 2. The number of nitrogens with one attached hydrogen (secondary N) is 2. The molecule has 1 saturated heterocycles. The van der Waals surface area contributed by atoms with Crippen LogP contribution in [-0.4, -0.2) is 58.0 Å². The Balaban J connectivity index is 1.46. The summed E-state index contributed by atoms with van der Waals surface area (Å²) in [5, 5.41) is 21.1. The number of aliphatic hydroxyl groups is 1. The molecule has 0 amide bonds. The first-order chi connectivity index (χ1) is 14.9. The predicted octanol–water partition coefficient (Wildman–Crippen LogP) is 2.29. The fourth-order valence-electron chi connectivity index (χ4n) is 4.18. The number of piperidine rings is 1. The second kappa shape index (κ2) is 10.8. The van der Waals surface area contributed by atoms with Crippen LogP contribution in [0.4, 0.5) is 0 Å². The molecule has 3 rings (SSSR count). The molecule has 3 N–H and O–H groups in total. The molecule has 2 aromatic rings. The van der Waals surface area contributed by atoms with Crippen LogP contribution in [0.1, 0.15) is 47.8 Å². The normalized spacial score (nSPS) is 17.0. The van der Waals surface area contributed by atoms with Crippen molar-refractivity contribution in [3.63, 3.8) is 0 Å². The van der Waals surface area contributed by atoms with E-state index in [1.54, 1.807) is 7.05 Å². The van der Waals surface area contributed by atoms with Crippen LogP contribution in [0.5, 0.6) is 0 Å². The fraction of sp³-hybridized carbons (Fsp3) is 0.583. The first kappa shape index (κ1) is 23.3. The van der Waals surface area contributed by atoms with Crippen LogP contribution in [0.3, 0.4) is 0 Å². The molecule has 1 atom stereocenters. The zero-order chi connectivity index (χ0) is 22.4. The van der Waals surface area contributed by atoms with Crippen LogP contribution in [0.15, 0.2) is 29.3 Å². The molecule has 0 bridgehead atoms. The molecule has 7 nitrogen and oxygen atoms in total. The Kier molecular flexibility index (Phi) is 8.09. The molecule has 2 heterocycles. The van der Waals surface area contributed by atoms with Gasteiger partial charge in [0.15, 0.2) is 5.96 Å². The largest absolute Gasteiger partial charge is 0.393 e. The summed E-state index contributed by atoms with van der Waals surface area (Å²) in [6.45, 7) is 9.99. The van der Waals surface area contributed by atoms with E-state index in [0.29, 0.717) is 0 Å². The number of aliphatic hydroxyl groups excluding tert-OH is 1. The van der Waals surface area contributed by atoms with E-state index in [9.17, 15) is 5.11 Å². The molecule has 0 saturated carbocycles. The van der Waals surface area contributed by atoms with Crippen molar-refractivity contribution in [2.24, 2.45) is 12.0 Å². The maximum Gasteiger partial charge on any atom is 0.191 e. The lowest BCUT2D eigenvalue weighted by Crippen LogP contribution is -2.42. The van der Waals surface area contributed by atoms with Gasteiger partial charge in [0.05, 0.1) is 11.8 Å². The van der Waals surface area contributed by atoms with Gasteiger partial charge in [-0.2, -0.15) is 5.10 Å². The number of aliphatic imine (C=N–C) groups is 1. The molecular weight excluding hydrogens is 388 g/mol. The quantitative estimate of drug-likeness (QED) is 0.468. The number of aryl methyl sites for hydroxylation is 2. The molecule has 1 fully saturated rings. The van der Waals surface area contributed by atoms with Gasteiger partial charge in [-0.1, -0.05) is 24.3 Å². The Morgan fingerprint density at radius 2 is 1.84 bits per heavy atom. The lowest BCUT2D eigenvalue weighted by molar-refractivity contribution is 0.0792. The molecule has 0 spiro atoms. The van der Waals surface area contributed by atoms with E-state index in [-0.39, 0.29) is 12.1 Å². The molecule has 0 radical (unpaired) electrons. The van der Waals surface area contributed by atoms with Gasteiger partial charge in [0.1, 0.15) is 0 Å². The third-order valence-electron chi connectivity index (χ3n) is 6.22. The molecule has 7 heteroatoms. The molecule has 1 aromatic carbocycles. The summed E-state index contributed by atoms with van der Waals surface area (Å²) in [7, 11) is 3.80. The lowest BCUT2D eigenvalue weighted by Gasteiger charge is -2.29. The van der Waals surface area contributed by atoms with Crippen molar-refractivity contribution in [3.8, 4) is 0 Å². The molecular formula is C24H38N6O. The lowest BCUT2D eigenvalue weighted by atomic mass is 10.1. The number of benzene rings is 1. The third kappa shape index (κ3) is 6.55. The Labute approximate surface area is 186 Å². The van der Waals surface area contributed by atoms with Crippen molar-refractivity contribution in [1.29, 1.82) is 0 Å². The summed E-state index contributed by atoms with van der Waals surface area (Å²) < 4.78 is 1.95. The number of rotatable bonds is 7. The summed E-state index contributed by atoms with van der Waals surface area (Å²) in [6, 6.07) is 9.02. The standard InChI is InChI=1S/C24H38N6O/c1-17(14-23-18(2)28-29(5)19(23)3)27-24(25-4)26-15-20-6-8-21(9-7-20)16-30-12-10-22(31)11-13-30/h6-9,17,22,31H,10-16H2,1-5H3,(H2,25,26,27). The number of nitrogens with zero attached hydrogens (tertiary/aromatic N) is 4. The van der Waals surface area contributed by atoms with Crippen molar-refractivity contribution in [2.45, 2.75) is 65.3 Å². The average molecular weight is 427 g/mol. The van der Waals surface area contributed by atoms with Crippen molar-refractivity contribution in [2.75, 3.05) is 20.1 Å². The second-order valence-electron chi connectivity index (χ2n) is 8.77. The number of hydrogen-bond acceptors (Lipinski definition) is 4. The Morgan fingerprint density at radius 3 is 2.42 bits per heavy atom. The molecule has 31 heavy (non-hydrogen) atoms. The van der Waals surface area contributed by atoms with E-state index < -0.39 is 0 Å². The maximum absolute atomic E-state index is 9.66. The second-order valence-corrected chi connectivity index (χ2v) is 8.77.